The van der Waals surface area contributed by atoms with Crippen LogP contribution >= 0.6 is 58.0 Å². The molecular formula is C2Cl5OS+. The summed E-state index contributed by atoms with van der Waals surface area (Å²) in [6.45, 7) is 0. The third-order valence-electron chi connectivity index (χ3n) is 0.435. The molecule has 0 radical (unpaired) electrons. The minimum atomic E-state index is -1.96. The maximum absolute atomic E-state index is 10.00. The molecule has 0 aromatic carbocycles. The molecule has 0 atom stereocenters. The van der Waals surface area contributed by atoms with Crippen molar-refractivity contribution in [2.75, 3.05) is 0 Å². The van der Waals surface area contributed by atoms with Crippen molar-refractivity contribution in [3.8, 4) is 0 Å². The van der Waals surface area contributed by atoms with E-state index in [1.54, 1.807) is 0 Å². The summed E-state index contributed by atoms with van der Waals surface area (Å²) in [6, 6.07) is 0. The monoisotopic (exact) mass is 247 g/mol. The smallest absolute Gasteiger partial charge is 0.0741 e. The van der Waals surface area contributed by atoms with Crippen LogP contribution in [0.1, 0.15) is 0 Å². The van der Waals surface area contributed by atoms with Gasteiger partial charge in [-0.2, -0.15) is 0 Å². The van der Waals surface area contributed by atoms with Crippen LogP contribution in [-0.2, 0) is 15.9 Å². The maximum atomic E-state index is 10.00. The summed E-state index contributed by atoms with van der Waals surface area (Å²) >= 11 is 25.8. The zero-order chi connectivity index (χ0) is 7.71. The molecule has 9 heavy (non-hydrogen) atoms. The van der Waals surface area contributed by atoms with Gasteiger partial charge in [0.15, 0.2) is 0 Å². The molecular weight excluding hydrogens is 249 g/mol. The fraction of sp³-hybridized carbons (Fsp3) is 1.00. The second-order valence-electron chi connectivity index (χ2n) is 1.10. The fourth-order valence-corrected chi connectivity index (χ4v) is 0.425. The van der Waals surface area contributed by atoms with Crippen molar-refractivity contribution in [2.45, 2.75) is 7.46 Å². The summed E-state index contributed by atoms with van der Waals surface area (Å²) in [6.07, 6.45) is 0. The number of hydrogen-bond acceptors (Lipinski definition) is 1. The van der Waals surface area contributed by atoms with E-state index in [0.717, 1.165) is 0 Å². The molecule has 0 heterocycles. The molecule has 0 aliphatic rings. The first-order chi connectivity index (χ1) is 3.81. The highest BCUT2D eigenvalue weighted by atomic mass is 35.6. The largest absolute Gasteiger partial charge is 0.506 e. The van der Waals surface area contributed by atoms with Gasteiger partial charge in [-0.3, -0.25) is 0 Å². The van der Waals surface area contributed by atoms with Gasteiger partial charge in [-0.05, 0) is 23.2 Å². The molecule has 0 bridgehead atoms. The molecule has 0 aromatic heterocycles. The molecule has 0 saturated heterocycles. The Labute approximate surface area is 81.0 Å². The Hall–Kier alpha value is 1.47. The van der Waals surface area contributed by atoms with Crippen molar-refractivity contribution in [1.29, 1.82) is 0 Å². The van der Waals surface area contributed by atoms with E-state index in [1.165, 1.54) is 0 Å². The third kappa shape index (κ3) is 2.91. The lowest BCUT2D eigenvalue weighted by atomic mass is 10.9. The summed E-state index contributed by atoms with van der Waals surface area (Å²) < 4.78 is 6.12. The highest BCUT2D eigenvalue weighted by Crippen LogP contribution is 2.45. The zero-order valence-corrected chi connectivity index (χ0v) is 8.30. The lowest BCUT2D eigenvalue weighted by molar-refractivity contribution is 0.601. The van der Waals surface area contributed by atoms with E-state index in [-0.39, 0.29) is 11.7 Å². The average molecular weight is 249 g/mol. The van der Waals surface area contributed by atoms with Gasteiger partial charge in [-0.25, -0.2) is 0 Å². The SMILES string of the molecule is O=[S+]C(Cl)(Cl)C(Cl)(Cl)Cl. The van der Waals surface area contributed by atoms with Gasteiger partial charge in [0.2, 0.25) is 0 Å². The lowest BCUT2D eigenvalue weighted by Crippen LogP contribution is -2.29. The minimum Gasteiger partial charge on any atom is -0.0741 e. The van der Waals surface area contributed by atoms with Gasteiger partial charge >= 0.3 is 15.3 Å². The Morgan fingerprint density at radius 3 is 1.33 bits per heavy atom. The molecule has 7 heteroatoms. The van der Waals surface area contributed by atoms with Crippen molar-refractivity contribution in [2.24, 2.45) is 0 Å². The van der Waals surface area contributed by atoms with Gasteiger partial charge in [0.25, 0.3) is 3.79 Å². The van der Waals surface area contributed by atoms with E-state index in [1.807, 2.05) is 0 Å². The molecule has 0 unspecified atom stereocenters. The Balaban J connectivity index is 4.32. The van der Waals surface area contributed by atoms with Gasteiger partial charge in [0, 0.05) is 4.21 Å². The first-order valence-corrected chi connectivity index (χ1v) is 4.20. The van der Waals surface area contributed by atoms with Crippen LogP contribution in [0.15, 0.2) is 0 Å². The quantitative estimate of drug-likeness (QED) is 0.516. The number of hydrogen-bond donors (Lipinski definition) is 0. The Morgan fingerprint density at radius 1 is 1.00 bits per heavy atom. The van der Waals surface area contributed by atoms with Crippen molar-refractivity contribution in [3.05, 3.63) is 0 Å². The molecule has 0 fully saturated rings. The topological polar surface area (TPSA) is 17.1 Å². The number of halogens is 5. The van der Waals surface area contributed by atoms with E-state index in [9.17, 15) is 4.21 Å². The molecule has 1 nitrogen and oxygen atoms in total. The molecule has 0 saturated carbocycles. The molecule has 54 valence electrons. The average Bonchev–Trinajstić information content (AvgIpc) is 1.64. The van der Waals surface area contributed by atoms with E-state index in [2.05, 4.69) is 0 Å². The summed E-state index contributed by atoms with van der Waals surface area (Å²) in [4.78, 5) is 0. The van der Waals surface area contributed by atoms with Gasteiger partial charge < -0.3 is 0 Å². The van der Waals surface area contributed by atoms with Crippen molar-refractivity contribution < 1.29 is 4.21 Å². The fourth-order valence-electron chi connectivity index (χ4n) is 0.0472. The zero-order valence-electron chi connectivity index (χ0n) is 3.71. The molecule has 0 aliphatic heterocycles. The highest BCUT2D eigenvalue weighted by Gasteiger charge is 2.59. The predicted octanol–water partition coefficient (Wildman–Crippen LogP) is 2.92. The Morgan fingerprint density at radius 2 is 1.33 bits per heavy atom. The lowest BCUT2D eigenvalue weighted by Gasteiger charge is -2.09. The number of alkyl halides is 5. The summed E-state index contributed by atoms with van der Waals surface area (Å²) in [5, 5.41) is 0. The third-order valence-corrected chi connectivity index (χ3v) is 3.66. The molecule has 0 spiro atoms. The predicted molar refractivity (Wildman–Crippen MR) is 42.8 cm³/mol. The van der Waals surface area contributed by atoms with Crippen LogP contribution in [-0.4, -0.2) is 7.46 Å². The van der Waals surface area contributed by atoms with Crippen LogP contribution in [0.2, 0.25) is 0 Å². The molecule has 0 amide bonds. The van der Waals surface area contributed by atoms with Crippen LogP contribution < -0.4 is 0 Å². The summed E-state index contributed by atoms with van der Waals surface area (Å²) in [7, 11) is 0. The second kappa shape index (κ2) is 3.24. The normalized spacial score (nSPS) is 13.4. The van der Waals surface area contributed by atoms with Crippen molar-refractivity contribution in [3.63, 3.8) is 0 Å². The van der Waals surface area contributed by atoms with E-state index >= 15 is 0 Å². The van der Waals surface area contributed by atoms with E-state index in [0.29, 0.717) is 0 Å². The van der Waals surface area contributed by atoms with Crippen LogP contribution in [0.5, 0.6) is 0 Å². The van der Waals surface area contributed by atoms with Crippen molar-refractivity contribution >= 4 is 69.7 Å². The van der Waals surface area contributed by atoms with Crippen LogP contribution in [0.25, 0.3) is 0 Å². The van der Waals surface area contributed by atoms with Gasteiger partial charge in [0.1, 0.15) is 0 Å². The summed E-state index contributed by atoms with van der Waals surface area (Å²) in [5.41, 5.74) is 0. The van der Waals surface area contributed by atoms with Crippen LogP contribution in [0.4, 0.5) is 0 Å². The van der Waals surface area contributed by atoms with E-state index < -0.39 is 7.46 Å². The van der Waals surface area contributed by atoms with Gasteiger partial charge in [0.05, 0.1) is 0 Å². The molecule has 0 rings (SSSR count). The Bertz CT molecular complexity index is 117. The van der Waals surface area contributed by atoms with Gasteiger partial charge in [-0.1, -0.05) is 34.8 Å². The van der Waals surface area contributed by atoms with E-state index in [4.69, 9.17) is 58.0 Å². The minimum absolute atomic E-state index is 0.181. The standard InChI is InChI=1S/C2Cl5OS/c3-1(4,5)2(6,7)9-8/q+1. The number of rotatable bonds is 1. The molecule has 0 aliphatic carbocycles. The first kappa shape index (κ1) is 10.5. The van der Waals surface area contributed by atoms with Gasteiger partial charge in [-0.15, -0.1) is 0 Å². The molecule has 0 aromatic rings. The first-order valence-electron chi connectivity index (χ1n) is 1.57. The van der Waals surface area contributed by atoms with Crippen molar-refractivity contribution in [1.82, 2.24) is 0 Å². The van der Waals surface area contributed by atoms with Crippen LogP contribution in [0.3, 0.4) is 0 Å². The second-order valence-corrected chi connectivity index (χ2v) is 5.93. The van der Waals surface area contributed by atoms with Crippen LogP contribution in [0, 0.1) is 0 Å². The maximum Gasteiger partial charge on any atom is 0.506 e. The molecule has 0 N–H and O–H groups in total. The highest BCUT2D eigenvalue weighted by molar-refractivity contribution is 7.71. The Kier molecular flexibility index (Phi) is 3.77. The summed E-state index contributed by atoms with van der Waals surface area (Å²) in [5.74, 6) is 0.